The average molecular weight is 255 g/mol. The molecule has 0 bridgehead atoms. The summed E-state index contributed by atoms with van der Waals surface area (Å²) in [7, 11) is 0. The Bertz CT molecular complexity index is 386. The largest absolute Gasteiger partial charge is 0.488 e. The molecule has 0 amide bonds. The molecule has 0 aromatic heterocycles. The molecule has 3 nitrogen and oxygen atoms in total. The molecule has 0 fully saturated rings. The maximum atomic E-state index is 13.7. The first-order valence-electron chi connectivity index (χ1n) is 6.15. The fourth-order valence-corrected chi connectivity index (χ4v) is 1.35. The summed E-state index contributed by atoms with van der Waals surface area (Å²) < 4.78 is 19.0. The number of benzene rings is 1. The van der Waals surface area contributed by atoms with Crippen molar-refractivity contribution >= 4 is 0 Å². The first kappa shape index (κ1) is 14.9. The molecular weight excluding hydrogens is 233 g/mol. The Morgan fingerprint density at radius 3 is 2.56 bits per heavy atom. The van der Waals surface area contributed by atoms with Crippen molar-refractivity contribution in [3.8, 4) is 5.75 Å². The Labute approximate surface area is 108 Å². The van der Waals surface area contributed by atoms with Crippen LogP contribution in [-0.4, -0.2) is 23.4 Å². The lowest BCUT2D eigenvalue weighted by molar-refractivity contribution is 0.0271. The van der Waals surface area contributed by atoms with Gasteiger partial charge in [-0.25, -0.2) is 4.39 Å². The molecule has 0 atom stereocenters. The molecule has 0 aliphatic carbocycles. The van der Waals surface area contributed by atoms with Crippen molar-refractivity contribution in [2.45, 2.75) is 45.9 Å². The van der Waals surface area contributed by atoms with Crippen molar-refractivity contribution in [1.82, 2.24) is 5.32 Å². The number of aliphatic hydroxyl groups is 1. The zero-order chi connectivity index (χ0) is 13.8. The van der Waals surface area contributed by atoms with E-state index in [9.17, 15) is 9.50 Å². The SMILES string of the molecule is CC(C)NCc1ccc(OCC(C)(C)O)c(F)c1. The Kier molecular flexibility index (Phi) is 5.11. The number of hydrogen-bond donors (Lipinski definition) is 2. The molecule has 0 aliphatic heterocycles. The summed E-state index contributed by atoms with van der Waals surface area (Å²) >= 11 is 0. The van der Waals surface area contributed by atoms with Gasteiger partial charge in [-0.2, -0.15) is 0 Å². The Balaban J connectivity index is 2.62. The minimum Gasteiger partial charge on any atom is -0.488 e. The molecule has 0 spiro atoms. The van der Waals surface area contributed by atoms with Crippen LogP contribution in [0, 0.1) is 5.82 Å². The standard InChI is InChI=1S/C14H22FNO2/c1-10(2)16-8-11-5-6-13(12(15)7-11)18-9-14(3,4)17/h5-7,10,16-17H,8-9H2,1-4H3. The van der Waals surface area contributed by atoms with Crippen LogP contribution in [0.15, 0.2) is 18.2 Å². The number of ether oxygens (including phenoxy) is 1. The van der Waals surface area contributed by atoms with Gasteiger partial charge < -0.3 is 15.2 Å². The van der Waals surface area contributed by atoms with Gasteiger partial charge in [0.2, 0.25) is 0 Å². The molecule has 1 aromatic rings. The quantitative estimate of drug-likeness (QED) is 0.820. The first-order chi connectivity index (χ1) is 8.28. The van der Waals surface area contributed by atoms with Gasteiger partial charge in [0, 0.05) is 12.6 Å². The van der Waals surface area contributed by atoms with E-state index in [2.05, 4.69) is 5.32 Å². The van der Waals surface area contributed by atoms with Gasteiger partial charge in [-0.1, -0.05) is 19.9 Å². The van der Waals surface area contributed by atoms with E-state index in [0.717, 1.165) is 5.56 Å². The fourth-order valence-electron chi connectivity index (χ4n) is 1.35. The predicted octanol–water partition coefficient (Wildman–Crippen LogP) is 2.47. The molecule has 102 valence electrons. The monoisotopic (exact) mass is 255 g/mol. The summed E-state index contributed by atoms with van der Waals surface area (Å²) in [6, 6.07) is 5.23. The topological polar surface area (TPSA) is 41.5 Å². The minimum atomic E-state index is -0.968. The van der Waals surface area contributed by atoms with Gasteiger partial charge in [-0.3, -0.25) is 0 Å². The normalized spacial score (nSPS) is 11.9. The third-order valence-corrected chi connectivity index (χ3v) is 2.29. The van der Waals surface area contributed by atoms with Crippen molar-refractivity contribution in [2.24, 2.45) is 0 Å². The van der Waals surface area contributed by atoms with Gasteiger partial charge in [0.05, 0.1) is 5.60 Å². The summed E-state index contributed by atoms with van der Waals surface area (Å²) in [5.74, 6) is -0.229. The van der Waals surface area contributed by atoms with Crippen LogP contribution >= 0.6 is 0 Å². The lowest BCUT2D eigenvalue weighted by atomic mass is 10.1. The summed E-state index contributed by atoms with van der Waals surface area (Å²) in [6.45, 7) is 8.00. The molecule has 4 heteroatoms. The number of nitrogens with one attached hydrogen (secondary N) is 1. The highest BCUT2D eigenvalue weighted by molar-refractivity contribution is 5.29. The van der Waals surface area contributed by atoms with E-state index in [0.29, 0.717) is 12.6 Å². The Morgan fingerprint density at radius 2 is 2.06 bits per heavy atom. The molecule has 0 unspecified atom stereocenters. The maximum absolute atomic E-state index is 13.7. The third-order valence-electron chi connectivity index (χ3n) is 2.29. The van der Waals surface area contributed by atoms with Gasteiger partial charge in [-0.15, -0.1) is 0 Å². The van der Waals surface area contributed by atoms with Crippen LogP contribution in [0.1, 0.15) is 33.3 Å². The van der Waals surface area contributed by atoms with E-state index in [1.807, 2.05) is 19.9 Å². The van der Waals surface area contributed by atoms with E-state index in [-0.39, 0.29) is 12.4 Å². The zero-order valence-electron chi connectivity index (χ0n) is 11.5. The molecule has 0 radical (unpaired) electrons. The molecular formula is C14H22FNO2. The number of halogens is 1. The second-order valence-corrected chi connectivity index (χ2v) is 5.40. The van der Waals surface area contributed by atoms with Crippen LogP contribution in [0.3, 0.4) is 0 Å². The van der Waals surface area contributed by atoms with Crippen molar-refractivity contribution in [3.63, 3.8) is 0 Å². The lowest BCUT2D eigenvalue weighted by Crippen LogP contribution is -2.28. The van der Waals surface area contributed by atoms with Crippen LogP contribution in [0.25, 0.3) is 0 Å². The van der Waals surface area contributed by atoms with Crippen LogP contribution < -0.4 is 10.1 Å². The van der Waals surface area contributed by atoms with Crippen molar-refractivity contribution < 1.29 is 14.2 Å². The number of rotatable bonds is 6. The van der Waals surface area contributed by atoms with Crippen molar-refractivity contribution in [2.75, 3.05) is 6.61 Å². The lowest BCUT2D eigenvalue weighted by Gasteiger charge is -2.18. The van der Waals surface area contributed by atoms with E-state index in [1.54, 1.807) is 19.9 Å². The van der Waals surface area contributed by atoms with Crippen LogP contribution in [-0.2, 0) is 6.54 Å². The summed E-state index contributed by atoms with van der Waals surface area (Å²) in [5.41, 5.74) is -0.0959. The molecule has 0 aliphatic rings. The van der Waals surface area contributed by atoms with Crippen molar-refractivity contribution in [3.05, 3.63) is 29.6 Å². The Hall–Kier alpha value is -1.13. The third kappa shape index (κ3) is 5.47. The molecule has 0 saturated carbocycles. The second kappa shape index (κ2) is 6.16. The highest BCUT2D eigenvalue weighted by atomic mass is 19.1. The van der Waals surface area contributed by atoms with Gasteiger partial charge in [0.25, 0.3) is 0 Å². The van der Waals surface area contributed by atoms with Gasteiger partial charge in [0.1, 0.15) is 6.61 Å². The summed E-state index contributed by atoms with van der Waals surface area (Å²) in [4.78, 5) is 0. The smallest absolute Gasteiger partial charge is 0.165 e. The molecule has 0 heterocycles. The molecule has 0 saturated heterocycles. The van der Waals surface area contributed by atoms with Gasteiger partial charge in [0.15, 0.2) is 11.6 Å². The second-order valence-electron chi connectivity index (χ2n) is 5.40. The minimum absolute atomic E-state index is 0.0630. The highest BCUT2D eigenvalue weighted by Gasteiger charge is 2.15. The van der Waals surface area contributed by atoms with E-state index in [1.165, 1.54) is 6.07 Å². The first-order valence-corrected chi connectivity index (χ1v) is 6.15. The van der Waals surface area contributed by atoms with Crippen LogP contribution in [0.4, 0.5) is 4.39 Å². The van der Waals surface area contributed by atoms with E-state index < -0.39 is 11.4 Å². The molecule has 18 heavy (non-hydrogen) atoms. The van der Waals surface area contributed by atoms with Gasteiger partial charge >= 0.3 is 0 Å². The summed E-state index contributed by atoms with van der Waals surface area (Å²) in [5, 5.41) is 12.7. The van der Waals surface area contributed by atoms with Gasteiger partial charge in [-0.05, 0) is 31.5 Å². The maximum Gasteiger partial charge on any atom is 0.165 e. The van der Waals surface area contributed by atoms with E-state index in [4.69, 9.17) is 4.74 Å². The highest BCUT2D eigenvalue weighted by Crippen LogP contribution is 2.19. The van der Waals surface area contributed by atoms with Crippen LogP contribution in [0.5, 0.6) is 5.75 Å². The zero-order valence-corrected chi connectivity index (χ0v) is 11.5. The molecule has 1 rings (SSSR count). The number of hydrogen-bond acceptors (Lipinski definition) is 3. The summed E-state index contributed by atoms with van der Waals surface area (Å²) in [6.07, 6.45) is 0. The predicted molar refractivity (Wildman–Crippen MR) is 70.2 cm³/mol. The van der Waals surface area contributed by atoms with Crippen molar-refractivity contribution in [1.29, 1.82) is 0 Å². The average Bonchev–Trinajstić information content (AvgIpc) is 2.23. The molecule has 2 N–H and O–H groups in total. The fraction of sp³-hybridized carbons (Fsp3) is 0.571. The van der Waals surface area contributed by atoms with E-state index >= 15 is 0 Å². The van der Waals surface area contributed by atoms with Crippen LogP contribution in [0.2, 0.25) is 0 Å². The Morgan fingerprint density at radius 1 is 1.39 bits per heavy atom. The molecule has 1 aromatic carbocycles.